The maximum absolute atomic E-state index is 12.2. The van der Waals surface area contributed by atoms with Crippen LogP contribution < -0.4 is 10.4 Å². The third-order valence-electron chi connectivity index (χ3n) is 5.25. The minimum Gasteiger partial charge on any atom is -0.489 e. The fourth-order valence-corrected chi connectivity index (χ4v) is 3.68. The van der Waals surface area contributed by atoms with Crippen LogP contribution in [0.1, 0.15) is 54.9 Å². The van der Waals surface area contributed by atoms with Crippen LogP contribution in [0.15, 0.2) is 51.7 Å². The van der Waals surface area contributed by atoms with E-state index in [9.17, 15) is 4.79 Å². The first kappa shape index (κ1) is 16.9. The van der Waals surface area contributed by atoms with E-state index in [0.717, 1.165) is 47.9 Å². The highest BCUT2D eigenvalue weighted by Gasteiger charge is 2.18. The Morgan fingerprint density at radius 2 is 1.73 bits per heavy atom. The van der Waals surface area contributed by atoms with Gasteiger partial charge >= 0.3 is 5.63 Å². The van der Waals surface area contributed by atoms with Crippen molar-refractivity contribution in [2.75, 3.05) is 0 Å². The van der Waals surface area contributed by atoms with Gasteiger partial charge in [0.15, 0.2) is 0 Å². The molecule has 0 fully saturated rings. The van der Waals surface area contributed by atoms with E-state index in [4.69, 9.17) is 9.15 Å². The highest BCUT2D eigenvalue weighted by molar-refractivity contribution is 5.82. The monoisotopic (exact) mass is 348 g/mol. The van der Waals surface area contributed by atoms with E-state index in [0.29, 0.717) is 18.1 Å². The number of ether oxygens (including phenoxy) is 1. The van der Waals surface area contributed by atoms with E-state index in [-0.39, 0.29) is 5.63 Å². The zero-order valence-electron chi connectivity index (χ0n) is 15.4. The summed E-state index contributed by atoms with van der Waals surface area (Å²) in [5, 5.41) is 1.05. The molecule has 0 amide bonds. The van der Waals surface area contributed by atoms with Crippen LogP contribution in [0.3, 0.4) is 0 Å². The molecular formula is C23H24O3. The molecule has 2 aromatic carbocycles. The number of hydrogen-bond donors (Lipinski definition) is 0. The second-order valence-corrected chi connectivity index (χ2v) is 7.40. The Morgan fingerprint density at radius 3 is 2.46 bits per heavy atom. The number of rotatable bonds is 4. The van der Waals surface area contributed by atoms with Gasteiger partial charge in [-0.25, -0.2) is 4.79 Å². The van der Waals surface area contributed by atoms with Gasteiger partial charge in [0.1, 0.15) is 17.9 Å². The maximum Gasteiger partial charge on any atom is 0.339 e. The molecular weight excluding hydrogens is 324 g/mol. The number of aryl methyl sites for hydroxylation is 1. The Labute approximate surface area is 153 Å². The molecule has 0 saturated carbocycles. The molecule has 3 nitrogen and oxygen atoms in total. The van der Waals surface area contributed by atoms with Gasteiger partial charge in [0.25, 0.3) is 0 Å². The molecule has 0 aliphatic heterocycles. The van der Waals surface area contributed by atoms with Crippen molar-refractivity contribution in [1.82, 2.24) is 0 Å². The zero-order chi connectivity index (χ0) is 18.1. The molecule has 3 aromatic rings. The SMILES string of the molecule is CC(C)c1ccc(COc2ccc3c4c(c(=O)oc3c2)CCCC4)cc1. The first-order valence-corrected chi connectivity index (χ1v) is 9.42. The minimum absolute atomic E-state index is 0.186. The Balaban J connectivity index is 1.57. The van der Waals surface area contributed by atoms with Gasteiger partial charge in [0.05, 0.1) is 0 Å². The standard InChI is InChI=1S/C23H24O3/c1-15(2)17-9-7-16(8-10-17)14-25-18-11-12-20-19-5-3-4-6-21(19)23(24)26-22(20)13-18/h7-13,15H,3-6,14H2,1-2H3. The van der Waals surface area contributed by atoms with Crippen molar-refractivity contribution < 1.29 is 9.15 Å². The summed E-state index contributed by atoms with van der Waals surface area (Å²) >= 11 is 0. The summed E-state index contributed by atoms with van der Waals surface area (Å²) in [6.45, 7) is 4.87. The summed E-state index contributed by atoms with van der Waals surface area (Å²) in [6, 6.07) is 14.3. The van der Waals surface area contributed by atoms with Gasteiger partial charge in [-0.1, -0.05) is 38.1 Å². The average molecular weight is 348 g/mol. The highest BCUT2D eigenvalue weighted by atomic mass is 16.5. The van der Waals surface area contributed by atoms with Gasteiger partial charge in [0, 0.05) is 17.0 Å². The van der Waals surface area contributed by atoms with Gasteiger partial charge in [-0.3, -0.25) is 0 Å². The molecule has 26 heavy (non-hydrogen) atoms. The van der Waals surface area contributed by atoms with Gasteiger partial charge in [-0.2, -0.15) is 0 Å². The molecule has 0 bridgehead atoms. The Hall–Kier alpha value is -2.55. The average Bonchev–Trinajstić information content (AvgIpc) is 2.67. The molecule has 4 rings (SSSR count). The molecule has 3 heteroatoms. The van der Waals surface area contributed by atoms with Crippen molar-refractivity contribution in [2.45, 2.75) is 52.1 Å². The van der Waals surface area contributed by atoms with E-state index in [1.165, 1.54) is 11.1 Å². The van der Waals surface area contributed by atoms with E-state index >= 15 is 0 Å². The summed E-state index contributed by atoms with van der Waals surface area (Å²) < 4.78 is 11.5. The van der Waals surface area contributed by atoms with Crippen LogP contribution in [0.4, 0.5) is 0 Å². The predicted octanol–water partition coefficient (Wildman–Crippen LogP) is 5.37. The third kappa shape index (κ3) is 3.26. The molecule has 1 heterocycles. The fraction of sp³-hybridized carbons (Fsp3) is 0.348. The zero-order valence-corrected chi connectivity index (χ0v) is 15.4. The fourth-order valence-electron chi connectivity index (χ4n) is 3.68. The minimum atomic E-state index is -0.186. The Morgan fingerprint density at radius 1 is 1.00 bits per heavy atom. The lowest BCUT2D eigenvalue weighted by Gasteiger charge is -2.16. The van der Waals surface area contributed by atoms with E-state index < -0.39 is 0 Å². The molecule has 0 radical (unpaired) electrons. The Kier molecular flexibility index (Phi) is 4.54. The van der Waals surface area contributed by atoms with Crippen molar-refractivity contribution >= 4 is 11.0 Å². The summed E-state index contributed by atoms with van der Waals surface area (Å²) in [7, 11) is 0. The lowest BCUT2D eigenvalue weighted by Crippen LogP contribution is -2.15. The molecule has 134 valence electrons. The van der Waals surface area contributed by atoms with E-state index in [1.807, 2.05) is 18.2 Å². The lowest BCUT2D eigenvalue weighted by molar-refractivity contribution is 0.306. The van der Waals surface area contributed by atoms with Crippen LogP contribution >= 0.6 is 0 Å². The van der Waals surface area contributed by atoms with Crippen LogP contribution in [0.25, 0.3) is 11.0 Å². The molecule has 0 unspecified atom stereocenters. The van der Waals surface area contributed by atoms with Crippen molar-refractivity contribution in [3.63, 3.8) is 0 Å². The molecule has 0 atom stereocenters. The topological polar surface area (TPSA) is 39.4 Å². The Bertz CT molecular complexity index is 981. The van der Waals surface area contributed by atoms with Gasteiger partial charge < -0.3 is 9.15 Å². The summed E-state index contributed by atoms with van der Waals surface area (Å²) in [6.07, 6.45) is 3.99. The van der Waals surface area contributed by atoms with Crippen LogP contribution in [-0.2, 0) is 19.4 Å². The first-order valence-electron chi connectivity index (χ1n) is 9.42. The summed E-state index contributed by atoms with van der Waals surface area (Å²) in [4.78, 5) is 12.2. The molecule has 1 aliphatic rings. The van der Waals surface area contributed by atoms with Crippen LogP contribution in [0.2, 0.25) is 0 Å². The lowest BCUT2D eigenvalue weighted by atomic mass is 9.91. The second-order valence-electron chi connectivity index (χ2n) is 7.40. The highest BCUT2D eigenvalue weighted by Crippen LogP contribution is 2.29. The van der Waals surface area contributed by atoms with Crippen LogP contribution in [0, 0.1) is 0 Å². The molecule has 0 saturated heterocycles. The van der Waals surface area contributed by atoms with Crippen LogP contribution in [-0.4, -0.2) is 0 Å². The van der Waals surface area contributed by atoms with Crippen LogP contribution in [0.5, 0.6) is 5.75 Å². The third-order valence-corrected chi connectivity index (χ3v) is 5.25. The number of fused-ring (bicyclic) bond motifs is 3. The maximum atomic E-state index is 12.2. The largest absolute Gasteiger partial charge is 0.489 e. The molecule has 1 aliphatic carbocycles. The summed E-state index contributed by atoms with van der Waals surface area (Å²) in [5.74, 6) is 1.25. The molecule has 0 spiro atoms. The number of hydrogen-bond acceptors (Lipinski definition) is 3. The van der Waals surface area contributed by atoms with E-state index in [2.05, 4.69) is 38.1 Å². The van der Waals surface area contributed by atoms with Crippen molar-refractivity contribution in [1.29, 1.82) is 0 Å². The quantitative estimate of drug-likeness (QED) is 0.595. The molecule has 0 N–H and O–H groups in total. The normalized spacial score (nSPS) is 13.8. The second kappa shape index (κ2) is 6.99. The molecule has 1 aromatic heterocycles. The van der Waals surface area contributed by atoms with Crippen molar-refractivity contribution in [3.05, 3.63) is 75.1 Å². The summed E-state index contributed by atoms with van der Waals surface area (Å²) in [5.41, 5.74) is 4.92. The van der Waals surface area contributed by atoms with Gasteiger partial charge in [-0.15, -0.1) is 0 Å². The smallest absolute Gasteiger partial charge is 0.339 e. The number of benzene rings is 2. The van der Waals surface area contributed by atoms with Gasteiger partial charge in [-0.05, 0) is 60.4 Å². The van der Waals surface area contributed by atoms with Crippen molar-refractivity contribution in [2.24, 2.45) is 0 Å². The predicted molar refractivity (Wildman–Crippen MR) is 104 cm³/mol. The van der Waals surface area contributed by atoms with E-state index in [1.54, 1.807) is 0 Å². The first-order chi connectivity index (χ1) is 12.6. The van der Waals surface area contributed by atoms with Gasteiger partial charge in [0.2, 0.25) is 0 Å². The van der Waals surface area contributed by atoms with Crippen molar-refractivity contribution in [3.8, 4) is 5.75 Å².